The highest BCUT2D eigenvalue weighted by atomic mass is 16.5. The molecule has 0 aliphatic heterocycles. The van der Waals surface area contributed by atoms with Crippen LogP contribution in [0.15, 0.2) is 41.2 Å². The van der Waals surface area contributed by atoms with Crippen LogP contribution >= 0.6 is 0 Å². The molecular formula is C17H19N5O2. The summed E-state index contributed by atoms with van der Waals surface area (Å²) in [5, 5.41) is 10.8. The molecule has 124 valence electrons. The minimum Gasteiger partial charge on any atom is -0.339 e. The van der Waals surface area contributed by atoms with E-state index in [4.69, 9.17) is 4.52 Å². The van der Waals surface area contributed by atoms with E-state index in [1.807, 2.05) is 38.1 Å². The smallest absolute Gasteiger partial charge is 0.258 e. The van der Waals surface area contributed by atoms with E-state index in [2.05, 4.69) is 20.6 Å². The summed E-state index contributed by atoms with van der Waals surface area (Å²) in [4.78, 5) is 16.4. The first-order valence-electron chi connectivity index (χ1n) is 7.72. The zero-order valence-electron chi connectivity index (χ0n) is 13.9. The number of carbonyl (C=O) groups is 1. The van der Waals surface area contributed by atoms with E-state index < -0.39 is 0 Å². The lowest BCUT2D eigenvalue weighted by Gasteiger charge is -2.04. The van der Waals surface area contributed by atoms with Gasteiger partial charge < -0.3 is 9.84 Å². The van der Waals surface area contributed by atoms with Crippen molar-refractivity contribution in [1.82, 2.24) is 19.9 Å². The van der Waals surface area contributed by atoms with Crippen molar-refractivity contribution in [2.45, 2.75) is 26.2 Å². The summed E-state index contributed by atoms with van der Waals surface area (Å²) >= 11 is 0. The van der Waals surface area contributed by atoms with Gasteiger partial charge in [0.1, 0.15) is 0 Å². The van der Waals surface area contributed by atoms with Gasteiger partial charge in [-0.15, -0.1) is 0 Å². The Kier molecular flexibility index (Phi) is 4.41. The fourth-order valence-corrected chi connectivity index (χ4v) is 2.20. The first-order chi connectivity index (χ1) is 11.5. The van der Waals surface area contributed by atoms with Crippen LogP contribution in [0.4, 0.5) is 5.69 Å². The SMILES string of the molecule is CC(C)c1nc(Cc2ccc(NC(=O)c3cnn(C)c3)cc2)no1. The van der Waals surface area contributed by atoms with Gasteiger partial charge in [-0.1, -0.05) is 31.1 Å². The van der Waals surface area contributed by atoms with Gasteiger partial charge in [0.2, 0.25) is 5.89 Å². The van der Waals surface area contributed by atoms with Crippen LogP contribution in [0.3, 0.4) is 0 Å². The van der Waals surface area contributed by atoms with Crippen molar-refractivity contribution in [1.29, 1.82) is 0 Å². The molecule has 7 heteroatoms. The molecule has 1 amide bonds. The maximum Gasteiger partial charge on any atom is 0.258 e. The van der Waals surface area contributed by atoms with Crippen LogP contribution in [0, 0.1) is 0 Å². The molecular weight excluding hydrogens is 306 g/mol. The topological polar surface area (TPSA) is 85.8 Å². The second-order valence-corrected chi connectivity index (χ2v) is 5.93. The summed E-state index contributed by atoms with van der Waals surface area (Å²) in [7, 11) is 1.77. The molecule has 0 radical (unpaired) electrons. The summed E-state index contributed by atoms with van der Waals surface area (Å²) in [6.45, 7) is 4.02. The predicted octanol–water partition coefficient (Wildman–Crippen LogP) is 2.77. The largest absolute Gasteiger partial charge is 0.339 e. The average molecular weight is 325 g/mol. The molecule has 2 aromatic heterocycles. The molecule has 1 N–H and O–H groups in total. The van der Waals surface area contributed by atoms with E-state index in [9.17, 15) is 4.79 Å². The van der Waals surface area contributed by atoms with Crippen LogP contribution in [0.2, 0.25) is 0 Å². The molecule has 0 unspecified atom stereocenters. The number of nitrogens with zero attached hydrogens (tertiary/aromatic N) is 4. The first kappa shape index (κ1) is 15.9. The third-order valence-electron chi connectivity index (χ3n) is 3.52. The molecule has 0 saturated heterocycles. The Bertz CT molecular complexity index is 833. The highest BCUT2D eigenvalue weighted by Gasteiger charge is 2.11. The maximum atomic E-state index is 12.1. The first-order valence-corrected chi connectivity index (χ1v) is 7.72. The lowest BCUT2D eigenvalue weighted by atomic mass is 10.1. The van der Waals surface area contributed by atoms with E-state index in [1.165, 1.54) is 6.20 Å². The molecule has 0 aliphatic rings. The zero-order chi connectivity index (χ0) is 17.1. The van der Waals surface area contributed by atoms with Gasteiger partial charge in [0.25, 0.3) is 5.91 Å². The summed E-state index contributed by atoms with van der Waals surface area (Å²) < 4.78 is 6.79. The van der Waals surface area contributed by atoms with Gasteiger partial charge in [-0.2, -0.15) is 10.1 Å². The Balaban J connectivity index is 1.63. The Morgan fingerprint density at radius 3 is 2.62 bits per heavy atom. The predicted molar refractivity (Wildman–Crippen MR) is 88.8 cm³/mol. The number of carbonyl (C=O) groups excluding carboxylic acids is 1. The monoisotopic (exact) mass is 325 g/mol. The average Bonchev–Trinajstić information content (AvgIpc) is 3.18. The molecule has 24 heavy (non-hydrogen) atoms. The summed E-state index contributed by atoms with van der Waals surface area (Å²) in [6.07, 6.45) is 3.80. The Morgan fingerprint density at radius 1 is 1.29 bits per heavy atom. The van der Waals surface area contributed by atoms with Crippen molar-refractivity contribution in [2.24, 2.45) is 7.05 Å². The molecule has 3 aromatic rings. The van der Waals surface area contributed by atoms with Gasteiger partial charge in [-0.3, -0.25) is 9.48 Å². The fraction of sp³-hybridized carbons (Fsp3) is 0.294. The molecule has 7 nitrogen and oxygen atoms in total. The van der Waals surface area contributed by atoms with E-state index in [-0.39, 0.29) is 11.8 Å². The number of rotatable bonds is 5. The molecule has 0 fully saturated rings. The second-order valence-electron chi connectivity index (χ2n) is 5.93. The molecule has 2 heterocycles. The van der Waals surface area contributed by atoms with E-state index >= 15 is 0 Å². The van der Waals surface area contributed by atoms with Gasteiger partial charge in [0.05, 0.1) is 11.8 Å². The van der Waals surface area contributed by atoms with E-state index in [1.54, 1.807) is 17.9 Å². The van der Waals surface area contributed by atoms with Crippen molar-refractivity contribution in [3.63, 3.8) is 0 Å². The van der Waals surface area contributed by atoms with E-state index in [0.29, 0.717) is 23.7 Å². The molecule has 0 atom stereocenters. The molecule has 0 aliphatic carbocycles. The molecule has 0 bridgehead atoms. The summed E-state index contributed by atoms with van der Waals surface area (Å²) in [5.74, 6) is 1.34. The van der Waals surface area contributed by atoms with Gasteiger partial charge in [-0.05, 0) is 17.7 Å². The lowest BCUT2D eigenvalue weighted by molar-refractivity contribution is 0.102. The third-order valence-corrected chi connectivity index (χ3v) is 3.52. The lowest BCUT2D eigenvalue weighted by Crippen LogP contribution is -2.11. The number of aryl methyl sites for hydroxylation is 1. The number of aromatic nitrogens is 4. The van der Waals surface area contributed by atoms with Crippen molar-refractivity contribution in [3.05, 3.63) is 59.5 Å². The highest BCUT2D eigenvalue weighted by molar-refractivity contribution is 6.03. The van der Waals surface area contributed by atoms with Crippen molar-refractivity contribution in [3.8, 4) is 0 Å². The number of benzene rings is 1. The quantitative estimate of drug-likeness (QED) is 0.779. The standard InChI is InChI=1S/C17H19N5O2/c1-11(2)17-20-15(21-24-17)8-12-4-6-14(7-5-12)19-16(23)13-9-18-22(3)10-13/h4-7,9-11H,8H2,1-3H3,(H,19,23). The number of hydrogen-bond donors (Lipinski definition) is 1. The van der Waals surface area contributed by atoms with Crippen molar-refractivity contribution < 1.29 is 9.32 Å². The van der Waals surface area contributed by atoms with Crippen molar-refractivity contribution >= 4 is 11.6 Å². The van der Waals surface area contributed by atoms with Crippen molar-refractivity contribution in [2.75, 3.05) is 5.32 Å². The Morgan fingerprint density at radius 2 is 2.04 bits per heavy atom. The van der Waals surface area contributed by atoms with Gasteiger partial charge in [0.15, 0.2) is 5.82 Å². The van der Waals surface area contributed by atoms with Gasteiger partial charge >= 0.3 is 0 Å². The molecule has 3 rings (SSSR count). The number of nitrogens with one attached hydrogen (secondary N) is 1. The van der Waals surface area contributed by atoms with E-state index in [0.717, 1.165) is 11.3 Å². The van der Waals surface area contributed by atoms with Gasteiger partial charge in [-0.25, -0.2) is 0 Å². The van der Waals surface area contributed by atoms with Crippen LogP contribution in [-0.4, -0.2) is 25.8 Å². The molecule has 1 aromatic carbocycles. The highest BCUT2D eigenvalue weighted by Crippen LogP contribution is 2.15. The zero-order valence-corrected chi connectivity index (χ0v) is 13.9. The number of anilines is 1. The Hall–Kier alpha value is -2.96. The third kappa shape index (κ3) is 3.68. The van der Waals surface area contributed by atoms with Gasteiger partial charge in [0, 0.05) is 31.3 Å². The summed E-state index contributed by atoms with van der Waals surface area (Å²) in [5.41, 5.74) is 2.30. The van der Waals surface area contributed by atoms with Crippen LogP contribution in [-0.2, 0) is 13.5 Å². The Labute approximate surface area is 139 Å². The van der Waals surface area contributed by atoms with Crippen LogP contribution in [0.25, 0.3) is 0 Å². The van der Waals surface area contributed by atoms with Crippen LogP contribution in [0.1, 0.15) is 47.4 Å². The van der Waals surface area contributed by atoms with Crippen LogP contribution in [0.5, 0.6) is 0 Å². The normalized spacial score (nSPS) is 11.0. The number of hydrogen-bond acceptors (Lipinski definition) is 5. The van der Waals surface area contributed by atoms with Crippen LogP contribution < -0.4 is 5.32 Å². The fourth-order valence-electron chi connectivity index (χ4n) is 2.20. The molecule has 0 spiro atoms. The summed E-state index contributed by atoms with van der Waals surface area (Å²) in [6, 6.07) is 7.58. The number of amides is 1. The minimum atomic E-state index is -0.185. The minimum absolute atomic E-state index is 0.185. The maximum absolute atomic E-state index is 12.1. The second kappa shape index (κ2) is 6.66. The molecule has 0 saturated carbocycles.